The normalized spacial score (nSPS) is 24.3. The highest BCUT2D eigenvalue weighted by molar-refractivity contribution is 8.01. The molecule has 0 radical (unpaired) electrons. The van der Waals surface area contributed by atoms with Crippen LogP contribution in [0.2, 0.25) is 0 Å². The number of thioether (sulfide) groups is 1. The van der Waals surface area contributed by atoms with Crippen molar-refractivity contribution in [1.29, 1.82) is 0 Å². The van der Waals surface area contributed by atoms with Gasteiger partial charge >= 0.3 is 0 Å². The summed E-state index contributed by atoms with van der Waals surface area (Å²) in [5.41, 5.74) is 2.35. The molecular formula is C22H24N2O2S. The zero-order chi connectivity index (χ0) is 18.9. The lowest BCUT2D eigenvalue weighted by atomic mass is 9.91. The lowest BCUT2D eigenvalue weighted by molar-refractivity contribution is -0.137. The van der Waals surface area contributed by atoms with Crippen LogP contribution < -0.4 is 5.32 Å². The highest BCUT2D eigenvalue weighted by Crippen LogP contribution is 2.47. The van der Waals surface area contributed by atoms with Crippen LogP contribution in [0.15, 0.2) is 60.7 Å². The number of hydrogen-bond donors (Lipinski definition) is 1. The maximum atomic E-state index is 12.9. The molecule has 27 heavy (non-hydrogen) atoms. The average Bonchev–Trinajstić information content (AvgIpc) is 3.19. The van der Waals surface area contributed by atoms with Crippen molar-refractivity contribution in [2.24, 2.45) is 0 Å². The summed E-state index contributed by atoms with van der Waals surface area (Å²) >= 11 is 1.73. The number of rotatable bonds is 5. The van der Waals surface area contributed by atoms with E-state index < -0.39 is 0 Å². The number of carbonyl (C=O) groups is 2. The molecule has 2 aliphatic rings. The summed E-state index contributed by atoms with van der Waals surface area (Å²) < 4.78 is 0. The van der Waals surface area contributed by atoms with Gasteiger partial charge in [-0.25, -0.2) is 0 Å². The highest BCUT2D eigenvalue weighted by Gasteiger charge is 2.52. The number of fused-ring (bicyclic) bond motifs is 1. The third-order valence-electron chi connectivity index (χ3n) is 5.63. The predicted octanol–water partition coefficient (Wildman–Crippen LogP) is 3.39. The quantitative estimate of drug-likeness (QED) is 0.865. The van der Waals surface area contributed by atoms with Crippen LogP contribution in [0, 0.1) is 0 Å². The van der Waals surface area contributed by atoms with Gasteiger partial charge in [-0.05, 0) is 24.5 Å². The molecule has 2 unspecified atom stereocenters. The van der Waals surface area contributed by atoms with Gasteiger partial charge in [0, 0.05) is 24.6 Å². The van der Waals surface area contributed by atoms with Crippen LogP contribution in [0.3, 0.4) is 0 Å². The van der Waals surface area contributed by atoms with E-state index in [2.05, 4.69) is 36.5 Å². The molecule has 140 valence electrons. The van der Waals surface area contributed by atoms with Crippen LogP contribution in [-0.4, -0.2) is 39.9 Å². The van der Waals surface area contributed by atoms with E-state index in [1.807, 2.05) is 41.3 Å². The molecule has 0 spiro atoms. The average molecular weight is 381 g/mol. The minimum absolute atomic E-state index is 0.0432. The van der Waals surface area contributed by atoms with Crippen LogP contribution in [0.25, 0.3) is 0 Å². The zero-order valence-electron chi connectivity index (χ0n) is 15.4. The molecular weight excluding hydrogens is 356 g/mol. The Labute approximate surface area is 164 Å². The molecule has 0 aliphatic carbocycles. The van der Waals surface area contributed by atoms with Crippen molar-refractivity contribution < 1.29 is 9.59 Å². The van der Waals surface area contributed by atoms with Gasteiger partial charge in [-0.1, -0.05) is 60.7 Å². The number of hydrogen-bond acceptors (Lipinski definition) is 3. The van der Waals surface area contributed by atoms with Crippen LogP contribution in [-0.2, 0) is 9.59 Å². The molecule has 0 bridgehead atoms. The monoisotopic (exact) mass is 380 g/mol. The molecule has 2 aromatic carbocycles. The summed E-state index contributed by atoms with van der Waals surface area (Å²) in [6, 6.07) is 20.1. The minimum Gasteiger partial charge on any atom is -0.353 e. The van der Waals surface area contributed by atoms with Crippen molar-refractivity contribution in [3.63, 3.8) is 0 Å². The number of amides is 2. The Bertz CT molecular complexity index is 787. The smallest absolute Gasteiger partial charge is 0.243 e. The summed E-state index contributed by atoms with van der Waals surface area (Å²) in [5.74, 6) is 0.824. The van der Waals surface area contributed by atoms with Gasteiger partial charge in [0.1, 0.15) is 6.04 Å². The Morgan fingerprint density at radius 1 is 1.15 bits per heavy atom. The topological polar surface area (TPSA) is 49.4 Å². The highest BCUT2D eigenvalue weighted by atomic mass is 32.2. The molecule has 2 aromatic rings. The number of nitrogens with zero attached hydrogens (tertiary/aromatic N) is 1. The summed E-state index contributed by atoms with van der Waals surface area (Å²) in [7, 11) is 0. The van der Waals surface area contributed by atoms with Gasteiger partial charge in [0.05, 0.1) is 4.87 Å². The van der Waals surface area contributed by atoms with Crippen LogP contribution in [0.4, 0.5) is 0 Å². The first-order valence-corrected chi connectivity index (χ1v) is 10.4. The second-order valence-corrected chi connectivity index (χ2v) is 8.89. The van der Waals surface area contributed by atoms with E-state index in [0.717, 1.165) is 6.42 Å². The largest absolute Gasteiger partial charge is 0.353 e. The van der Waals surface area contributed by atoms with Crippen molar-refractivity contribution in [2.45, 2.75) is 36.6 Å². The van der Waals surface area contributed by atoms with Gasteiger partial charge in [0.2, 0.25) is 11.8 Å². The van der Waals surface area contributed by atoms with E-state index in [0.29, 0.717) is 18.7 Å². The van der Waals surface area contributed by atoms with Crippen LogP contribution >= 0.6 is 11.8 Å². The lowest BCUT2D eigenvalue weighted by Gasteiger charge is -2.30. The first kappa shape index (κ1) is 18.1. The first-order chi connectivity index (χ1) is 13.1. The van der Waals surface area contributed by atoms with Gasteiger partial charge in [-0.2, -0.15) is 0 Å². The van der Waals surface area contributed by atoms with Crippen molar-refractivity contribution in [3.05, 3.63) is 71.8 Å². The van der Waals surface area contributed by atoms with Crippen LogP contribution in [0.1, 0.15) is 36.8 Å². The Kier molecular flexibility index (Phi) is 4.96. The molecule has 5 heteroatoms. The van der Waals surface area contributed by atoms with Gasteiger partial charge in [0.25, 0.3) is 0 Å². The summed E-state index contributed by atoms with van der Waals surface area (Å²) in [4.78, 5) is 26.8. The standard InChI is InChI=1S/C22H24N2O2S/c1-22-13-12-20(25)24(22)19(15-27-22)21(26)23-14-18(16-8-4-2-5-9-16)17-10-6-3-7-11-17/h2-11,18-19H,12-15H2,1H3,(H,23,26). The molecule has 1 N–H and O–H groups in total. The fraction of sp³-hybridized carbons (Fsp3) is 0.364. The van der Waals surface area contributed by atoms with Gasteiger partial charge in [-0.15, -0.1) is 11.8 Å². The summed E-state index contributed by atoms with van der Waals surface area (Å²) in [6.07, 6.45) is 1.38. The first-order valence-electron chi connectivity index (χ1n) is 9.42. The molecule has 2 saturated heterocycles. The molecule has 0 saturated carbocycles. The molecule has 2 atom stereocenters. The number of carbonyl (C=O) groups excluding carboxylic acids is 2. The van der Waals surface area contributed by atoms with Crippen molar-refractivity contribution in [1.82, 2.24) is 10.2 Å². The fourth-order valence-corrected chi connectivity index (χ4v) is 5.57. The second-order valence-electron chi connectivity index (χ2n) is 7.38. The van der Waals surface area contributed by atoms with E-state index in [-0.39, 0.29) is 28.6 Å². The van der Waals surface area contributed by atoms with Crippen molar-refractivity contribution in [2.75, 3.05) is 12.3 Å². The summed E-state index contributed by atoms with van der Waals surface area (Å²) in [5, 5.41) is 3.13. The Balaban J connectivity index is 1.50. The third kappa shape index (κ3) is 3.48. The van der Waals surface area contributed by atoms with E-state index >= 15 is 0 Å². The minimum atomic E-state index is -0.359. The second kappa shape index (κ2) is 7.39. The molecule has 4 rings (SSSR count). The van der Waals surface area contributed by atoms with E-state index in [9.17, 15) is 9.59 Å². The molecule has 0 aromatic heterocycles. The molecule has 2 aliphatic heterocycles. The predicted molar refractivity (Wildman–Crippen MR) is 108 cm³/mol. The van der Waals surface area contributed by atoms with Crippen LogP contribution in [0.5, 0.6) is 0 Å². The summed E-state index contributed by atoms with van der Waals surface area (Å²) in [6.45, 7) is 2.60. The molecule has 2 heterocycles. The molecule has 2 amide bonds. The van der Waals surface area contributed by atoms with Crippen molar-refractivity contribution >= 4 is 23.6 Å². The zero-order valence-corrected chi connectivity index (χ0v) is 16.2. The van der Waals surface area contributed by atoms with Crippen molar-refractivity contribution in [3.8, 4) is 0 Å². The number of benzene rings is 2. The number of nitrogens with one attached hydrogen (secondary N) is 1. The van der Waals surface area contributed by atoms with Gasteiger partial charge < -0.3 is 10.2 Å². The lowest BCUT2D eigenvalue weighted by Crippen LogP contribution is -2.50. The van der Waals surface area contributed by atoms with Gasteiger partial charge in [0.15, 0.2) is 0 Å². The molecule has 4 nitrogen and oxygen atoms in total. The Morgan fingerprint density at radius 2 is 1.74 bits per heavy atom. The SMILES string of the molecule is CC12CCC(=O)N1C(C(=O)NCC(c1ccccc1)c1ccccc1)CS2. The molecule has 2 fully saturated rings. The fourth-order valence-electron chi connectivity index (χ4n) is 4.13. The Morgan fingerprint density at radius 3 is 2.33 bits per heavy atom. The van der Waals surface area contributed by atoms with E-state index in [4.69, 9.17) is 0 Å². The van der Waals surface area contributed by atoms with E-state index in [1.165, 1.54) is 11.1 Å². The van der Waals surface area contributed by atoms with Gasteiger partial charge in [-0.3, -0.25) is 9.59 Å². The maximum absolute atomic E-state index is 12.9. The van der Waals surface area contributed by atoms with E-state index in [1.54, 1.807) is 11.8 Å². The third-order valence-corrected chi connectivity index (χ3v) is 7.14. The Hall–Kier alpha value is -2.27. The maximum Gasteiger partial charge on any atom is 0.243 e.